The van der Waals surface area contributed by atoms with E-state index < -0.39 is 5.97 Å². The van der Waals surface area contributed by atoms with Gasteiger partial charge in [-0.1, -0.05) is 34.6 Å². The molecule has 116 valence electrons. The smallest absolute Gasteiger partial charge is 0.358 e. The number of thioether (sulfide) groups is 1. The average Bonchev–Trinajstić information content (AvgIpc) is 2.98. The van der Waals surface area contributed by atoms with Crippen LogP contribution in [0.1, 0.15) is 16.2 Å². The van der Waals surface area contributed by atoms with Crippen LogP contribution in [0, 0.1) is 0 Å². The van der Waals surface area contributed by atoms with Crippen LogP contribution in [-0.2, 0) is 5.75 Å². The molecule has 0 amide bonds. The molecular weight excluding hydrogens is 338 g/mol. The van der Waals surface area contributed by atoms with Gasteiger partial charge in [0.25, 0.3) is 0 Å². The molecule has 0 radical (unpaired) electrons. The highest BCUT2D eigenvalue weighted by Gasteiger charge is 2.20. The molecule has 1 N–H and O–H groups in total. The van der Waals surface area contributed by atoms with Gasteiger partial charge in [-0.2, -0.15) is 0 Å². The Hall–Kier alpha value is -2.45. The SMILES string of the molecule is O=C(O)c1nnn(-c2cccc(Cl)c2)c1CSc1ncccn1. The Morgan fingerprint density at radius 1 is 1.26 bits per heavy atom. The van der Waals surface area contributed by atoms with Gasteiger partial charge in [-0.05, 0) is 24.3 Å². The van der Waals surface area contributed by atoms with E-state index in [1.54, 1.807) is 42.7 Å². The normalized spacial score (nSPS) is 10.7. The van der Waals surface area contributed by atoms with Crippen LogP contribution in [0.15, 0.2) is 47.9 Å². The predicted molar refractivity (Wildman–Crippen MR) is 84.9 cm³/mol. The van der Waals surface area contributed by atoms with Gasteiger partial charge in [-0.3, -0.25) is 0 Å². The minimum absolute atomic E-state index is 0.103. The van der Waals surface area contributed by atoms with Crippen LogP contribution in [0.4, 0.5) is 0 Å². The molecule has 0 saturated heterocycles. The van der Waals surface area contributed by atoms with E-state index in [9.17, 15) is 9.90 Å². The Bertz CT molecular complexity index is 840. The van der Waals surface area contributed by atoms with Crippen molar-refractivity contribution in [2.24, 2.45) is 0 Å². The van der Waals surface area contributed by atoms with Crippen molar-refractivity contribution in [1.82, 2.24) is 25.0 Å². The van der Waals surface area contributed by atoms with Gasteiger partial charge >= 0.3 is 5.97 Å². The third-order valence-corrected chi connectivity index (χ3v) is 4.02. The summed E-state index contributed by atoms with van der Waals surface area (Å²) >= 11 is 7.29. The molecule has 0 aliphatic rings. The monoisotopic (exact) mass is 347 g/mol. The van der Waals surface area contributed by atoms with Crippen molar-refractivity contribution in [2.75, 3.05) is 0 Å². The van der Waals surface area contributed by atoms with Crippen LogP contribution in [0.3, 0.4) is 0 Å². The number of aromatic nitrogens is 5. The first kappa shape index (κ1) is 15.4. The van der Waals surface area contributed by atoms with E-state index in [1.807, 2.05) is 0 Å². The van der Waals surface area contributed by atoms with Crippen LogP contribution in [-0.4, -0.2) is 36.0 Å². The number of carboxylic acids is 1. The summed E-state index contributed by atoms with van der Waals surface area (Å²) in [6.07, 6.45) is 3.25. The first-order valence-electron chi connectivity index (χ1n) is 6.49. The fraction of sp³-hybridized carbons (Fsp3) is 0.0714. The molecule has 0 aliphatic carbocycles. The molecule has 0 saturated carbocycles. The topological polar surface area (TPSA) is 93.8 Å². The number of carbonyl (C=O) groups is 1. The quantitative estimate of drug-likeness (QED) is 0.560. The molecule has 0 aliphatic heterocycles. The Morgan fingerprint density at radius 3 is 2.74 bits per heavy atom. The third-order valence-electron chi connectivity index (χ3n) is 2.90. The van der Waals surface area contributed by atoms with E-state index in [0.717, 1.165) is 0 Å². The molecule has 0 spiro atoms. The van der Waals surface area contributed by atoms with E-state index in [4.69, 9.17) is 11.6 Å². The van der Waals surface area contributed by atoms with Gasteiger partial charge in [0, 0.05) is 23.2 Å². The van der Waals surface area contributed by atoms with Crippen molar-refractivity contribution in [2.45, 2.75) is 10.9 Å². The third kappa shape index (κ3) is 3.49. The Labute approximate surface area is 140 Å². The number of hydrogen-bond donors (Lipinski definition) is 1. The van der Waals surface area contributed by atoms with Crippen molar-refractivity contribution in [1.29, 1.82) is 0 Å². The van der Waals surface area contributed by atoms with Crippen molar-refractivity contribution >= 4 is 29.3 Å². The fourth-order valence-electron chi connectivity index (χ4n) is 1.91. The lowest BCUT2D eigenvalue weighted by Crippen LogP contribution is -2.06. The van der Waals surface area contributed by atoms with E-state index in [0.29, 0.717) is 27.3 Å². The number of nitrogens with zero attached hydrogens (tertiary/aromatic N) is 5. The molecule has 0 atom stereocenters. The van der Waals surface area contributed by atoms with Gasteiger partial charge in [-0.15, -0.1) is 5.10 Å². The van der Waals surface area contributed by atoms with Gasteiger partial charge in [0.1, 0.15) is 0 Å². The summed E-state index contributed by atoms with van der Waals surface area (Å²) in [6, 6.07) is 8.67. The van der Waals surface area contributed by atoms with E-state index in [2.05, 4.69) is 20.3 Å². The summed E-state index contributed by atoms with van der Waals surface area (Å²) in [7, 11) is 0. The van der Waals surface area contributed by atoms with Gasteiger partial charge in [0.05, 0.1) is 11.4 Å². The van der Waals surface area contributed by atoms with E-state index in [-0.39, 0.29) is 5.69 Å². The number of carboxylic acid groups (broad SMARTS) is 1. The standard InChI is InChI=1S/C14H10ClN5O2S/c15-9-3-1-4-10(7-9)20-11(12(13(21)22)18-19-20)8-23-14-16-5-2-6-17-14/h1-7H,8H2,(H,21,22). The molecule has 3 aromatic rings. The maximum absolute atomic E-state index is 11.4. The fourth-order valence-corrected chi connectivity index (χ4v) is 2.89. The second kappa shape index (κ2) is 6.76. The number of rotatable bonds is 5. The maximum atomic E-state index is 11.4. The summed E-state index contributed by atoms with van der Waals surface area (Å²) in [6.45, 7) is 0. The second-order valence-electron chi connectivity index (χ2n) is 4.40. The zero-order valence-electron chi connectivity index (χ0n) is 11.6. The number of hydrogen-bond acceptors (Lipinski definition) is 6. The van der Waals surface area contributed by atoms with Gasteiger partial charge in [0.2, 0.25) is 0 Å². The summed E-state index contributed by atoms with van der Waals surface area (Å²) in [5.74, 6) is -0.826. The van der Waals surface area contributed by atoms with Crippen molar-refractivity contribution < 1.29 is 9.90 Å². The largest absolute Gasteiger partial charge is 0.476 e. The van der Waals surface area contributed by atoms with E-state index in [1.165, 1.54) is 16.4 Å². The lowest BCUT2D eigenvalue weighted by molar-refractivity contribution is 0.0689. The lowest BCUT2D eigenvalue weighted by atomic mass is 10.3. The molecule has 2 heterocycles. The summed E-state index contributed by atoms with van der Waals surface area (Å²) in [5.41, 5.74) is 0.979. The number of halogens is 1. The first-order valence-corrected chi connectivity index (χ1v) is 7.85. The van der Waals surface area contributed by atoms with Crippen molar-refractivity contribution in [3.05, 3.63) is 59.1 Å². The number of benzene rings is 1. The molecular formula is C14H10ClN5O2S. The average molecular weight is 348 g/mol. The molecule has 0 fully saturated rings. The molecule has 1 aromatic carbocycles. The summed E-state index contributed by atoms with van der Waals surface area (Å²) in [4.78, 5) is 19.6. The zero-order valence-corrected chi connectivity index (χ0v) is 13.2. The summed E-state index contributed by atoms with van der Waals surface area (Å²) < 4.78 is 1.46. The van der Waals surface area contributed by atoms with Gasteiger partial charge in [0.15, 0.2) is 10.9 Å². The number of aromatic carboxylic acids is 1. The molecule has 7 nitrogen and oxygen atoms in total. The summed E-state index contributed by atoms with van der Waals surface area (Å²) in [5, 5.41) is 18.1. The minimum Gasteiger partial charge on any atom is -0.476 e. The zero-order chi connectivity index (χ0) is 16.2. The van der Waals surface area contributed by atoms with Crippen LogP contribution in [0.2, 0.25) is 5.02 Å². The van der Waals surface area contributed by atoms with Crippen LogP contribution < -0.4 is 0 Å². The van der Waals surface area contributed by atoms with Crippen molar-refractivity contribution in [3.8, 4) is 5.69 Å². The Kier molecular flexibility index (Phi) is 4.54. The predicted octanol–water partition coefficient (Wildman–Crippen LogP) is 2.70. The molecule has 0 bridgehead atoms. The lowest BCUT2D eigenvalue weighted by Gasteiger charge is -2.07. The van der Waals surface area contributed by atoms with Gasteiger partial charge in [-0.25, -0.2) is 19.4 Å². The minimum atomic E-state index is -1.14. The highest BCUT2D eigenvalue weighted by Crippen LogP contribution is 2.23. The van der Waals surface area contributed by atoms with Crippen LogP contribution in [0.5, 0.6) is 0 Å². The first-order chi connectivity index (χ1) is 11.1. The van der Waals surface area contributed by atoms with Gasteiger partial charge < -0.3 is 5.11 Å². The Morgan fingerprint density at radius 2 is 2.04 bits per heavy atom. The molecule has 2 aromatic heterocycles. The molecule has 23 heavy (non-hydrogen) atoms. The Balaban J connectivity index is 1.96. The van der Waals surface area contributed by atoms with Crippen LogP contribution in [0.25, 0.3) is 5.69 Å². The molecule has 9 heteroatoms. The maximum Gasteiger partial charge on any atom is 0.358 e. The van der Waals surface area contributed by atoms with Crippen LogP contribution >= 0.6 is 23.4 Å². The van der Waals surface area contributed by atoms with E-state index >= 15 is 0 Å². The molecule has 3 rings (SSSR count). The molecule has 0 unspecified atom stereocenters. The highest BCUT2D eigenvalue weighted by molar-refractivity contribution is 7.98. The van der Waals surface area contributed by atoms with Crippen molar-refractivity contribution in [3.63, 3.8) is 0 Å². The highest BCUT2D eigenvalue weighted by atomic mass is 35.5. The second-order valence-corrected chi connectivity index (χ2v) is 5.78.